The molecule has 0 unspecified atom stereocenters. The van der Waals surface area contributed by atoms with Gasteiger partial charge >= 0.3 is 0 Å². The molecule has 1 heterocycles. The van der Waals surface area contributed by atoms with Gasteiger partial charge in [0.2, 0.25) is 11.8 Å². The van der Waals surface area contributed by atoms with Crippen LogP contribution in [0.4, 0.5) is 5.69 Å². The van der Waals surface area contributed by atoms with Gasteiger partial charge in [0.1, 0.15) is 12.4 Å². The van der Waals surface area contributed by atoms with Crippen LogP contribution in [0.25, 0.3) is 11.0 Å². The summed E-state index contributed by atoms with van der Waals surface area (Å²) in [6, 6.07) is 17.6. The first kappa shape index (κ1) is 22.3. The lowest BCUT2D eigenvalue weighted by Gasteiger charge is -2.18. The van der Waals surface area contributed by atoms with Gasteiger partial charge in [-0.3, -0.25) is 9.59 Å². The average Bonchev–Trinajstić information content (AvgIpc) is 3.13. The monoisotopic (exact) mass is 418 g/mol. The number of unbranched alkanes of at least 4 members (excludes halogenated alkanes) is 2. The minimum atomic E-state index is -0.0946. The molecule has 0 aliphatic rings. The van der Waals surface area contributed by atoms with Crippen molar-refractivity contribution < 1.29 is 9.59 Å². The van der Waals surface area contributed by atoms with Crippen molar-refractivity contribution in [3.63, 3.8) is 0 Å². The molecule has 0 saturated carbocycles. The maximum absolute atomic E-state index is 13.0. The predicted molar refractivity (Wildman–Crippen MR) is 125 cm³/mol. The van der Waals surface area contributed by atoms with E-state index in [1.54, 1.807) is 18.9 Å². The summed E-state index contributed by atoms with van der Waals surface area (Å²) in [4.78, 5) is 31.0. The Morgan fingerprint density at radius 3 is 2.48 bits per heavy atom. The molecule has 0 atom stereocenters. The zero-order valence-corrected chi connectivity index (χ0v) is 18.3. The number of aromatic nitrogens is 2. The summed E-state index contributed by atoms with van der Waals surface area (Å²) in [5.74, 6) is 0.836. The van der Waals surface area contributed by atoms with Crippen molar-refractivity contribution in [1.82, 2.24) is 14.9 Å². The van der Waals surface area contributed by atoms with Crippen molar-refractivity contribution in [1.29, 1.82) is 0 Å². The van der Waals surface area contributed by atoms with Gasteiger partial charge in [0.05, 0.1) is 11.0 Å². The van der Waals surface area contributed by atoms with E-state index in [2.05, 4.69) is 11.9 Å². The summed E-state index contributed by atoms with van der Waals surface area (Å²) in [7, 11) is 1.80. The molecule has 3 aromatic rings. The summed E-state index contributed by atoms with van der Waals surface area (Å²) in [6.07, 6.45) is 3.59. The van der Waals surface area contributed by atoms with Crippen LogP contribution in [0, 0.1) is 0 Å². The number of imidazole rings is 1. The maximum atomic E-state index is 13.0. The SMILES string of the molecule is C=C(C)C(=O)NCCCCCc1nc2ccccc2n1CC(=O)N(C)c1ccccc1. The number of nitrogens with zero attached hydrogens (tertiary/aromatic N) is 3. The molecular weight excluding hydrogens is 388 g/mol. The smallest absolute Gasteiger partial charge is 0.246 e. The Balaban J connectivity index is 1.64. The van der Waals surface area contributed by atoms with E-state index in [4.69, 9.17) is 4.98 Å². The van der Waals surface area contributed by atoms with Gasteiger partial charge in [-0.05, 0) is 44.0 Å². The van der Waals surface area contributed by atoms with E-state index in [1.807, 2.05) is 59.2 Å². The first-order chi connectivity index (χ1) is 15.0. The van der Waals surface area contributed by atoms with Crippen molar-refractivity contribution in [2.75, 3.05) is 18.5 Å². The average molecular weight is 419 g/mol. The van der Waals surface area contributed by atoms with Crippen molar-refractivity contribution in [3.8, 4) is 0 Å². The van der Waals surface area contributed by atoms with Gasteiger partial charge in [-0.1, -0.05) is 43.3 Å². The van der Waals surface area contributed by atoms with Gasteiger partial charge in [0, 0.05) is 31.3 Å². The quantitative estimate of drug-likeness (QED) is 0.398. The summed E-state index contributed by atoms with van der Waals surface area (Å²) >= 11 is 0. The fourth-order valence-corrected chi connectivity index (χ4v) is 3.47. The lowest BCUT2D eigenvalue weighted by molar-refractivity contribution is -0.119. The van der Waals surface area contributed by atoms with Crippen LogP contribution >= 0.6 is 0 Å². The van der Waals surface area contributed by atoms with E-state index in [1.165, 1.54) is 0 Å². The number of benzene rings is 2. The third-order valence-electron chi connectivity index (χ3n) is 5.29. The van der Waals surface area contributed by atoms with Gasteiger partial charge in [-0.2, -0.15) is 0 Å². The highest BCUT2D eigenvalue weighted by Gasteiger charge is 2.17. The molecule has 0 aliphatic heterocycles. The van der Waals surface area contributed by atoms with Crippen LogP contribution in [0.15, 0.2) is 66.7 Å². The number of nitrogens with one attached hydrogen (secondary N) is 1. The lowest BCUT2D eigenvalue weighted by atomic mass is 10.2. The Kier molecular flexibility index (Phi) is 7.60. The van der Waals surface area contributed by atoms with Gasteiger partial charge in [0.15, 0.2) is 0 Å². The summed E-state index contributed by atoms with van der Waals surface area (Å²) < 4.78 is 2.03. The standard InChI is InChI=1S/C25H30N4O2/c1-19(2)25(31)26-17-11-5-8-16-23-27-21-14-9-10-15-22(21)29(23)18-24(30)28(3)20-12-6-4-7-13-20/h4,6-7,9-10,12-15H,1,5,8,11,16-18H2,2-3H3,(H,26,31). The Bertz CT molecular complexity index is 1060. The fourth-order valence-electron chi connectivity index (χ4n) is 3.47. The lowest BCUT2D eigenvalue weighted by Crippen LogP contribution is -2.30. The van der Waals surface area contributed by atoms with E-state index in [0.717, 1.165) is 48.2 Å². The van der Waals surface area contributed by atoms with E-state index in [-0.39, 0.29) is 18.4 Å². The second-order valence-electron chi connectivity index (χ2n) is 7.74. The molecule has 1 N–H and O–H groups in total. The summed E-state index contributed by atoms with van der Waals surface area (Å²) in [6.45, 7) is 6.23. The third-order valence-corrected chi connectivity index (χ3v) is 5.29. The number of hydrogen-bond donors (Lipinski definition) is 1. The number of aryl methyl sites for hydroxylation is 1. The molecule has 3 rings (SSSR count). The molecule has 6 heteroatoms. The Hall–Kier alpha value is -3.41. The van der Waals surface area contributed by atoms with Crippen LogP contribution in [0.1, 0.15) is 32.0 Å². The number of hydrogen-bond acceptors (Lipinski definition) is 3. The van der Waals surface area contributed by atoms with Crippen LogP contribution in [-0.2, 0) is 22.6 Å². The van der Waals surface area contributed by atoms with Gasteiger partial charge < -0.3 is 14.8 Å². The van der Waals surface area contributed by atoms with Crippen LogP contribution in [0.5, 0.6) is 0 Å². The topological polar surface area (TPSA) is 67.2 Å². The molecule has 6 nitrogen and oxygen atoms in total. The fraction of sp³-hybridized carbons (Fsp3) is 0.320. The van der Waals surface area contributed by atoms with E-state index in [0.29, 0.717) is 12.1 Å². The minimum Gasteiger partial charge on any atom is -0.352 e. The van der Waals surface area contributed by atoms with Crippen LogP contribution in [-0.4, -0.2) is 35.0 Å². The predicted octanol–water partition coefficient (Wildman–Crippen LogP) is 4.10. The normalized spacial score (nSPS) is 10.8. The first-order valence-electron chi connectivity index (χ1n) is 10.7. The molecule has 2 amide bonds. The number of fused-ring (bicyclic) bond motifs is 1. The van der Waals surface area contributed by atoms with Crippen molar-refractivity contribution in [2.24, 2.45) is 0 Å². The minimum absolute atomic E-state index is 0.0121. The Morgan fingerprint density at radius 2 is 1.74 bits per heavy atom. The van der Waals surface area contributed by atoms with E-state index >= 15 is 0 Å². The largest absolute Gasteiger partial charge is 0.352 e. The molecule has 0 saturated heterocycles. The molecule has 0 fully saturated rings. The number of anilines is 1. The highest BCUT2D eigenvalue weighted by atomic mass is 16.2. The molecule has 1 aromatic heterocycles. The maximum Gasteiger partial charge on any atom is 0.246 e. The molecule has 0 bridgehead atoms. The highest BCUT2D eigenvalue weighted by molar-refractivity contribution is 5.93. The number of rotatable bonds is 10. The van der Waals surface area contributed by atoms with Crippen molar-refractivity contribution >= 4 is 28.5 Å². The van der Waals surface area contributed by atoms with Crippen molar-refractivity contribution in [2.45, 2.75) is 39.2 Å². The Morgan fingerprint density at radius 1 is 1.03 bits per heavy atom. The van der Waals surface area contributed by atoms with Gasteiger partial charge in [-0.15, -0.1) is 0 Å². The van der Waals surface area contributed by atoms with Crippen LogP contribution < -0.4 is 10.2 Å². The van der Waals surface area contributed by atoms with E-state index < -0.39 is 0 Å². The van der Waals surface area contributed by atoms with Crippen LogP contribution in [0.3, 0.4) is 0 Å². The number of carbonyl (C=O) groups excluding carboxylic acids is 2. The molecule has 31 heavy (non-hydrogen) atoms. The van der Waals surface area contributed by atoms with Gasteiger partial charge in [-0.25, -0.2) is 4.98 Å². The molecule has 2 aromatic carbocycles. The molecule has 0 radical (unpaired) electrons. The first-order valence-corrected chi connectivity index (χ1v) is 10.7. The third kappa shape index (κ3) is 5.81. The molecular formula is C25H30N4O2. The summed E-state index contributed by atoms with van der Waals surface area (Å²) in [5, 5.41) is 2.86. The Labute approximate surface area is 183 Å². The van der Waals surface area contributed by atoms with Crippen LogP contribution in [0.2, 0.25) is 0 Å². The molecule has 162 valence electrons. The number of likely N-dealkylation sites (N-methyl/N-ethyl adjacent to an activating group) is 1. The summed E-state index contributed by atoms with van der Waals surface area (Å²) in [5.41, 5.74) is 3.27. The van der Waals surface area contributed by atoms with Crippen molar-refractivity contribution in [3.05, 3.63) is 72.6 Å². The zero-order valence-electron chi connectivity index (χ0n) is 18.3. The van der Waals surface area contributed by atoms with Gasteiger partial charge in [0.25, 0.3) is 0 Å². The zero-order chi connectivity index (χ0) is 22.2. The second kappa shape index (κ2) is 10.6. The molecule has 0 aliphatic carbocycles. The molecule has 0 spiro atoms. The number of para-hydroxylation sites is 3. The number of carbonyl (C=O) groups is 2. The second-order valence-corrected chi connectivity index (χ2v) is 7.74. The highest BCUT2D eigenvalue weighted by Crippen LogP contribution is 2.19. The van der Waals surface area contributed by atoms with E-state index in [9.17, 15) is 9.59 Å². The number of amides is 2.